The summed E-state index contributed by atoms with van der Waals surface area (Å²) in [7, 11) is 4.16. The summed E-state index contributed by atoms with van der Waals surface area (Å²) in [6.45, 7) is 9.79. The number of nitrogens with zero attached hydrogens (tertiary/aromatic N) is 5. The summed E-state index contributed by atoms with van der Waals surface area (Å²) in [5, 5.41) is 33.3. The van der Waals surface area contributed by atoms with Crippen molar-refractivity contribution in [2.45, 2.75) is 84.6 Å². The predicted octanol–water partition coefficient (Wildman–Crippen LogP) is 5.99. The van der Waals surface area contributed by atoms with Gasteiger partial charge in [-0.15, -0.1) is 0 Å². The normalized spacial score (nSPS) is 14.8. The number of hydrogen-bond donors (Lipinski definition) is 7. The molecule has 3 aromatic carbocycles. The molecular weight excluding hydrogens is 911 g/mol. The maximum Gasteiger partial charge on any atom is 0.304 e. The van der Waals surface area contributed by atoms with Crippen molar-refractivity contribution in [2.75, 3.05) is 63.2 Å². The Morgan fingerprint density at radius 2 is 1.28 bits per heavy atom. The Morgan fingerprint density at radius 1 is 0.676 bits per heavy atom. The molecule has 71 heavy (non-hydrogen) atoms. The van der Waals surface area contributed by atoms with Crippen molar-refractivity contribution in [1.29, 1.82) is 0 Å². The van der Waals surface area contributed by atoms with Crippen LogP contribution in [-0.4, -0.2) is 141 Å². The number of carbonyl (C=O) groups is 7. The molecule has 1 fully saturated rings. The van der Waals surface area contributed by atoms with E-state index in [9.17, 15) is 43.8 Å². The van der Waals surface area contributed by atoms with Gasteiger partial charge in [-0.2, -0.15) is 0 Å². The minimum absolute atomic E-state index is 0.226. The molecular formula is C52H67N9O10. The lowest BCUT2D eigenvalue weighted by molar-refractivity contribution is -0.143. The largest absolute Gasteiger partial charge is 0.481 e. The lowest BCUT2D eigenvalue weighted by atomic mass is 9.87. The molecule has 0 spiro atoms. The summed E-state index contributed by atoms with van der Waals surface area (Å²) in [4.78, 5) is 111. The fraction of sp³-hybridized carbons (Fsp3) is 0.481. The minimum Gasteiger partial charge on any atom is -0.481 e. The molecule has 0 aliphatic carbocycles. The average Bonchev–Trinajstić information content (AvgIpc) is 3.96. The van der Waals surface area contributed by atoms with Crippen LogP contribution in [0.25, 0.3) is 44.8 Å². The molecule has 19 heteroatoms. The van der Waals surface area contributed by atoms with Crippen LogP contribution < -0.4 is 20.4 Å². The van der Waals surface area contributed by atoms with E-state index in [1.165, 1.54) is 12.6 Å². The van der Waals surface area contributed by atoms with Gasteiger partial charge in [-0.05, 0) is 99.3 Å². The van der Waals surface area contributed by atoms with Crippen LogP contribution in [0.15, 0.2) is 60.7 Å². The molecule has 3 heterocycles. The zero-order chi connectivity index (χ0) is 51.4. The molecule has 0 saturated carbocycles. The van der Waals surface area contributed by atoms with Crippen molar-refractivity contribution in [3.05, 3.63) is 60.7 Å². The number of anilines is 2. The van der Waals surface area contributed by atoms with E-state index >= 15 is 0 Å². The predicted molar refractivity (Wildman–Crippen MR) is 270 cm³/mol. The summed E-state index contributed by atoms with van der Waals surface area (Å²) < 4.78 is 0. The molecule has 2 amide bonds. The first-order chi connectivity index (χ1) is 33.8. The van der Waals surface area contributed by atoms with Crippen LogP contribution in [0, 0.1) is 23.7 Å². The van der Waals surface area contributed by atoms with Gasteiger partial charge >= 0.3 is 17.9 Å². The number of unbranched alkanes of at least 4 members (excludes halogenated alkanes) is 2. The average molecular weight is 978 g/mol. The highest BCUT2D eigenvalue weighted by atomic mass is 16.4. The number of aliphatic carboxylic acids is 3. The molecule has 19 nitrogen and oxygen atoms in total. The Hall–Kier alpha value is -7.15. The third kappa shape index (κ3) is 14.9. The summed E-state index contributed by atoms with van der Waals surface area (Å²) >= 11 is 0. The monoisotopic (exact) mass is 978 g/mol. The fourth-order valence-corrected chi connectivity index (χ4v) is 8.87. The standard InChI is InChI=1S/C52H67N9O10/c1-31(2)48(58-52(71)35(12-18-45(64)65)27-43(62)32(3)25-46(66)67)44(63)28-36(29-47(68)69)51(70)53-19-7-6-8-20-60(5)37-13-9-33(10-14-37)49-54-39-16-11-34(26-41(39)56-49)50-55-40-17-15-38(30-42(40)57-50)61-23-21-59(4)22-24-61/h9-11,13-17,26,30-32,35-36,48H,6-8,12,18-25,27-29H2,1-5H3,(H,53,70)(H,54,56)(H,55,57)(H,58,71)(H,64,65)(H,66,67)(H,68,69)/t32-,35+,36-,48-/m0/s1. The molecule has 1 saturated heterocycles. The van der Waals surface area contributed by atoms with E-state index in [2.05, 4.69) is 66.6 Å². The third-order valence-electron chi connectivity index (χ3n) is 13.2. The molecule has 380 valence electrons. The van der Waals surface area contributed by atoms with Crippen LogP contribution in [0.1, 0.15) is 78.6 Å². The number of fused-ring (bicyclic) bond motifs is 2. The molecule has 1 aliphatic heterocycles. The van der Waals surface area contributed by atoms with E-state index in [1.54, 1.807) is 13.8 Å². The topological polar surface area (TPSA) is 271 Å². The number of likely N-dealkylation sites (N-methyl/N-ethyl adjacent to an activating group) is 1. The molecule has 5 aromatic rings. The number of imidazole rings is 2. The second-order valence-corrected chi connectivity index (χ2v) is 19.2. The second-order valence-electron chi connectivity index (χ2n) is 19.2. The van der Waals surface area contributed by atoms with Crippen molar-refractivity contribution in [2.24, 2.45) is 23.7 Å². The number of nitrogens with one attached hydrogen (secondary N) is 4. The highest BCUT2D eigenvalue weighted by Gasteiger charge is 2.34. The van der Waals surface area contributed by atoms with Gasteiger partial charge < -0.3 is 50.6 Å². The Bertz CT molecular complexity index is 2690. The summed E-state index contributed by atoms with van der Waals surface area (Å²) in [5.41, 5.74) is 7.80. The summed E-state index contributed by atoms with van der Waals surface area (Å²) in [5.74, 6) is -8.38. The quantitative estimate of drug-likeness (QED) is 0.0298. The van der Waals surface area contributed by atoms with E-state index in [1.807, 2.05) is 43.4 Å². The minimum atomic E-state index is -1.27. The van der Waals surface area contributed by atoms with E-state index in [-0.39, 0.29) is 13.0 Å². The zero-order valence-electron chi connectivity index (χ0n) is 41.2. The number of piperazine rings is 1. The zero-order valence-corrected chi connectivity index (χ0v) is 41.2. The first-order valence-corrected chi connectivity index (χ1v) is 24.4. The van der Waals surface area contributed by atoms with Gasteiger partial charge in [-0.3, -0.25) is 33.6 Å². The number of benzene rings is 3. The Morgan fingerprint density at radius 3 is 1.92 bits per heavy atom. The van der Waals surface area contributed by atoms with Gasteiger partial charge in [0.2, 0.25) is 11.8 Å². The number of carbonyl (C=O) groups excluding carboxylic acids is 4. The van der Waals surface area contributed by atoms with Crippen LogP contribution >= 0.6 is 0 Å². The van der Waals surface area contributed by atoms with Gasteiger partial charge in [0.25, 0.3) is 0 Å². The molecule has 0 unspecified atom stereocenters. The Kier molecular flexibility index (Phi) is 18.4. The van der Waals surface area contributed by atoms with E-state index in [0.717, 1.165) is 96.1 Å². The van der Waals surface area contributed by atoms with Crippen LogP contribution in [0.2, 0.25) is 0 Å². The van der Waals surface area contributed by atoms with Gasteiger partial charge in [0, 0.05) is 99.9 Å². The lowest BCUT2D eigenvalue weighted by Crippen LogP contribution is -2.48. The van der Waals surface area contributed by atoms with E-state index in [4.69, 9.17) is 15.1 Å². The van der Waals surface area contributed by atoms with Gasteiger partial charge in [0.05, 0.1) is 46.9 Å². The van der Waals surface area contributed by atoms with E-state index < -0.39 is 103 Å². The van der Waals surface area contributed by atoms with Crippen LogP contribution in [-0.2, 0) is 33.6 Å². The number of ketones is 2. The summed E-state index contributed by atoms with van der Waals surface area (Å²) in [6, 6.07) is 19.5. The maximum atomic E-state index is 13.6. The van der Waals surface area contributed by atoms with Crippen molar-refractivity contribution < 1.29 is 48.9 Å². The van der Waals surface area contributed by atoms with Crippen molar-refractivity contribution in [3.8, 4) is 22.8 Å². The van der Waals surface area contributed by atoms with Crippen molar-refractivity contribution in [1.82, 2.24) is 35.5 Å². The molecule has 0 bridgehead atoms. The third-order valence-corrected chi connectivity index (χ3v) is 13.2. The number of aromatic amines is 2. The molecule has 6 rings (SSSR count). The number of hydrogen-bond acceptors (Lipinski definition) is 12. The number of Topliss-reactive ketones (excluding diaryl/α,β-unsaturated/α-hetero) is 2. The molecule has 0 radical (unpaired) electrons. The summed E-state index contributed by atoms with van der Waals surface area (Å²) in [6.07, 6.45) is -0.446. The Labute approximate surface area is 412 Å². The first-order valence-electron chi connectivity index (χ1n) is 24.4. The van der Waals surface area contributed by atoms with Gasteiger partial charge in [-0.1, -0.05) is 20.8 Å². The highest BCUT2D eigenvalue weighted by Crippen LogP contribution is 2.29. The number of rotatable bonds is 27. The van der Waals surface area contributed by atoms with E-state index in [0.29, 0.717) is 6.42 Å². The van der Waals surface area contributed by atoms with Gasteiger partial charge in [-0.25, -0.2) is 9.97 Å². The Balaban J connectivity index is 0.959. The number of carboxylic acids is 3. The molecule has 2 aromatic heterocycles. The molecule has 4 atom stereocenters. The van der Waals surface area contributed by atoms with Gasteiger partial charge in [0.15, 0.2) is 5.78 Å². The smallest absolute Gasteiger partial charge is 0.304 e. The molecule has 1 aliphatic rings. The van der Waals surface area contributed by atoms with Crippen LogP contribution in [0.5, 0.6) is 0 Å². The number of aromatic nitrogens is 4. The molecule has 7 N–H and O–H groups in total. The second kappa shape index (κ2) is 24.6. The van der Waals surface area contributed by atoms with Crippen molar-refractivity contribution in [3.63, 3.8) is 0 Å². The van der Waals surface area contributed by atoms with Gasteiger partial charge in [0.1, 0.15) is 17.4 Å². The van der Waals surface area contributed by atoms with Crippen LogP contribution in [0.4, 0.5) is 11.4 Å². The lowest BCUT2D eigenvalue weighted by Gasteiger charge is -2.34. The number of carboxylic acid groups (broad SMARTS) is 3. The van der Waals surface area contributed by atoms with Crippen LogP contribution in [0.3, 0.4) is 0 Å². The first kappa shape index (κ1) is 53.2. The van der Waals surface area contributed by atoms with Crippen molar-refractivity contribution >= 4 is 74.7 Å². The fourth-order valence-electron chi connectivity index (χ4n) is 8.87. The highest BCUT2D eigenvalue weighted by molar-refractivity contribution is 5.96. The number of amides is 2. The maximum absolute atomic E-state index is 13.6. The number of H-pyrrole nitrogens is 2. The SMILES string of the molecule is CC(C)[C@H](NC(=O)[C@H](CCC(=O)O)CC(=O)[C@@H](C)CC(=O)O)C(=O)C[C@@H](CC(=O)O)C(=O)NCCCCCN(C)c1ccc(-c2nc3ccc(-c4nc5ccc(N6CCN(C)CC6)cc5[nH]4)cc3[nH]2)cc1.